The van der Waals surface area contributed by atoms with Crippen LogP contribution in [0.15, 0.2) is 22.7 Å². The molecule has 1 N–H and O–H groups in total. The summed E-state index contributed by atoms with van der Waals surface area (Å²) in [6, 6.07) is 4.98. The second kappa shape index (κ2) is 6.83. The first-order valence-electron chi connectivity index (χ1n) is 4.96. The van der Waals surface area contributed by atoms with Crippen molar-refractivity contribution in [3.63, 3.8) is 0 Å². The molecule has 0 heterocycles. The van der Waals surface area contributed by atoms with Crippen molar-refractivity contribution in [1.29, 1.82) is 0 Å². The molecule has 0 aliphatic rings. The lowest BCUT2D eigenvalue weighted by Crippen LogP contribution is -2.17. The molecule has 0 unspecified atom stereocenters. The molecule has 0 atom stereocenters. The zero-order chi connectivity index (χ0) is 12.9. The molecule has 0 fully saturated rings. The summed E-state index contributed by atoms with van der Waals surface area (Å²) in [5, 5.41) is 0.361. The third kappa shape index (κ3) is 5.46. The Bertz CT molecular complexity index is 479. The molecule has 17 heavy (non-hydrogen) atoms. The molecule has 1 aromatic carbocycles. The highest BCUT2D eigenvalue weighted by molar-refractivity contribution is 9.10. The lowest BCUT2D eigenvalue weighted by atomic mass is 10.3. The lowest BCUT2D eigenvalue weighted by molar-refractivity contribution is 0.598. The summed E-state index contributed by atoms with van der Waals surface area (Å²) in [7, 11) is -3.35. The van der Waals surface area contributed by atoms with Crippen molar-refractivity contribution in [3.8, 4) is 0 Å². The summed E-state index contributed by atoms with van der Waals surface area (Å²) in [5.41, 5.74) is 0.390. The van der Waals surface area contributed by atoms with Crippen molar-refractivity contribution in [1.82, 2.24) is 0 Å². The summed E-state index contributed by atoms with van der Waals surface area (Å²) in [4.78, 5) is 0. The van der Waals surface area contributed by atoms with E-state index in [1.807, 2.05) is 0 Å². The Morgan fingerprint density at radius 3 is 2.59 bits per heavy atom. The summed E-state index contributed by atoms with van der Waals surface area (Å²) in [6.07, 6.45) is 1.21. The average Bonchev–Trinajstić information content (AvgIpc) is 2.22. The largest absolute Gasteiger partial charge is 0.282 e. The van der Waals surface area contributed by atoms with Crippen molar-refractivity contribution in [2.45, 2.75) is 12.8 Å². The Hall–Kier alpha value is 0.0300. The molecular weight excluding hydrogens is 349 g/mol. The molecule has 0 aromatic heterocycles. The van der Waals surface area contributed by atoms with Crippen LogP contribution in [0.3, 0.4) is 0 Å². The molecule has 0 aliphatic heterocycles. The second-order valence-electron chi connectivity index (χ2n) is 3.44. The van der Waals surface area contributed by atoms with Crippen LogP contribution in [0, 0.1) is 0 Å². The number of halogens is 3. The summed E-state index contributed by atoms with van der Waals surface area (Å²) in [6.45, 7) is 0. The van der Waals surface area contributed by atoms with E-state index in [1.165, 1.54) is 0 Å². The SMILES string of the molecule is O=S(=O)(CCCCCl)Nc1ccc(Br)cc1Cl. The number of alkyl halides is 1. The van der Waals surface area contributed by atoms with Crippen LogP contribution in [0.5, 0.6) is 0 Å². The minimum absolute atomic E-state index is 0.0477. The number of rotatable bonds is 6. The van der Waals surface area contributed by atoms with Crippen LogP contribution in [0.2, 0.25) is 5.02 Å². The molecule has 0 aliphatic carbocycles. The highest BCUT2D eigenvalue weighted by Gasteiger charge is 2.12. The minimum Gasteiger partial charge on any atom is -0.282 e. The van der Waals surface area contributed by atoms with Gasteiger partial charge in [-0.2, -0.15) is 0 Å². The van der Waals surface area contributed by atoms with Gasteiger partial charge in [0, 0.05) is 10.4 Å². The van der Waals surface area contributed by atoms with Gasteiger partial charge in [-0.3, -0.25) is 4.72 Å². The molecule has 7 heteroatoms. The molecule has 0 radical (unpaired) electrons. The molecule has 0 bridgehead atoms. The zero-order valence-electron chi connectivity index (χ0n) is 8.92. The first-order chi connectivity index (χ1) is 7.94. The molecule has 96 valence electrons. The number of hydrogen-bond donors (Lipinski definition) is 1. The van der Waals surface area contributed by atoms with Crippen LogP contribution in [0.1, 0.15) is 12.8 Å². The molecular formula is C10H12BrCl2NO2S. The number of benzene rings is 1. The maximum Gasteiger partial charge on any atom is 0.232 e. The first-order valence-corrected chi connectivity index (χ1v) is 8.32. The highest BCUT2D eigenvalue weighted by atomic mass is 79.9. The van der Waals surface area contributed by atoms with Gasteiger partial charge in [-0.15, -0.1) is 11.6 Å². The van der Waals surface area contributed by atoms with Crippen LogP contribution >= 0.6 is 39.1 Å². The van der Waals surface area contributed by atoms with E-state index < -0.39 is 10.0 Å². The predicted molar refractivity (Wildman–Crippen MR) is 76.5 cm³/mol. The maximum atomic E-state index is 11.7. The van der Waals surface area contributed by atoms with Crippen LogP contribution < -0.4 is 4.72 Å². The van der Waals surface area contributed by atoms with E-state index in [0.717, 1.165) is 4.47 Å². The van der Waals surface area contributed by atoms with Crippen LogP contribution in [0.25, 0.3) is 0 Å². The van der Waals surface area contributed by atoms with E-state index in [4.69, 9.17) is 23.2 Å². The smallest absolute Gasteiger partial charge is 0.232 e. The Balaban J connectivity index is 2.69. The Morgan fingerprint density at radius 1 is 1.29 bits per heavy atom. The van der Waals surface area contributed by atoms with Gasteiger partial charge in [0.05, 0.1) is 16.5 Å². The number of hydrogen-bond acceptors (Lipinski definition) is 2. The predicted octanol–water partition coefficient (Wildman–Crippen LogP) is 3.86. The van der Waals surface area contributed by atoms with Gasteiger partial charge in [0.1, 0.15) is 0 Å². The highest BCUT2D eigenvalue weighted by Crippen LogP contribution is 2.26. The van der Waals surface area contributed by atoms with Crippen molar-refractivity contribution < 1.29 is 8.42 Å². The minimum atomic E-state index is -3.35. The fraction of sp³-hybridized carbons (Fsp3) is 0.400. The van der Waals surface area contributed by atoms with Crippen molar-refractivity contribution >= 4 is 54.8 Å². The molecule has 0 saturated heterocycles. The van der Waals surface area contributed by atoms with E-state index in [9.17, 15) is 8.42 Å². The maximum absolute atomic E-state index is 11.7. The van der Waals surface area contributed by atoms with Gasteiger partial charge in [-0.1, -0.05) is 27.5 Å². The Labute approximate surface area is 120 Å². The third-order valence-electron chi connectivity index (χ3n) is 1.99. The molecule has 0 spiro atoms. The number of nitrogens with one attached hydrogen (secondary N) is 1. The normalized spacial score (nSPS) is 11.5. The molecule has 0 amide bonds. The fourth-order valence-electron chi connectivity index (χ4n) is 1.18. The van der Waals surface area contributed by atoms with E-state index in [1.54, 1.807) is 18.2 Å². The topological polar surface area (TPSA) is 46.2 Å². The zero-order valence-corrected chi connectivity index (χ0v) is 12.8. The van der Waals surface area contributed by atoms with E-state index in [-0.39, 0.29) is 5.75 Å². The summed E-state index contributed by atoms with van der Waals surface area (Å²) in [5.74, 6) is 0.515. The third-order valence-corrected chi connectivity index (χ3v) is 4.42. The standard InChI is InChI=1S/C10H12BrCl2NO2S/c11-8-3-4-10(9(13)7-8)14-17(15,16)6-2-1-5-12/h3-4,7,14H,1-2,5-6H2. The van der Waals surface area contributed by atoms with Gasteiger partial charge in [0.15, 0.2) is 0 Å². The number of anilines is 1. The van der Waals surface area contributed by atoms with Crippen molar-refractivity contribution in [2.75, 3.05) is 16.4 Å². The summed E-state index contributed by atoms with van der Waals surface area (Å²) >= 11 is 14.7. The second-order valence-corrected chi connectivity index (χ2v) is 6.98. The van der Waals surface area contributed by atoms with Crippen LogP contribution in [-0.2, 0) is 10.0 Å². The number of unbranched alkanes of at least 4 members (excludes halogenated alkanes) is 1. The molecule has 1 rings (SSSR count). The lowest BCUT2D eigenvalue weighted by Gasteiger charge is -2.09. The Morgan fingerprint density at radius 2 is 2.00 bits per heavy atom. The molecule has 1 aromatic rings. The van der Waals surface area contributed by atoms with Crippen molar-refractivity contribution in [2.24, 2.45) is 0 Å². The van der Waals surface area contributed by atoms with E-state index >= 15 is 0 Å². The Kier molecular flexibility index (Phi) is 6.06. The monoisotopic (exact) mass is 359 g/mol. The summed E-state index contributed by atoms with van der Waals surface area (Å²) < 4.78 is 26.6. The van der Waals surface area contributed by atoms with Gasteiger partial charge >= 0.3 is 0 Å². The average molecular weight is 361 g/mol. The van der Waals surface area contributed by atoms with Gasteiger partial charge in [-0.25, -0.2) is 8.42 Å². The molecule has 0 saturated carbocycles. The van der Waals surface area contributed by atoms with Gasteiger partial charge < -0.3 is 0 Å². The molecule has 3 nitrogen and oxygen atoms in total. The number of sulfonamides is 1. The van der Waals surface area contributed by atoms with Crippen LogP contribution in [-0.4, -0.2) is 20.1 Å². The van der Waals surface area contributed by atoms with Gasteiger partial charge in [-0.05, 0) is 31.0 Å². The fourth-order valence-corrected chi connectivity index (χ4v) is 3.34. The van der Waals surface area contributed by atoms with E-state index in [2.05, 4.69) is 20.7 Å². The van der Waals surface area contributed by atoms with Gasteiger partial charge in [0.25, 0.3) is 0 Å². The van der Waals surface area contributed by atoms with E-state index in [0.29, 0.717) is 29.4 Å². The first kappa shape index (κ1) is 15.1. The quantitative estimate of drug-likeness (QED) is 0.618. The van der Waals surface area contributed by atoms with Gasteiger partial charge in [0.2, 0.25) is 10.0 Å². The van der Waals surface area contributed by atoms with Crippen molar-refractivity contribution in [3.05, 3.63) is 27.7 Å². The van der Waals surface area contributed by atoms with Crippen LogP contribution in [0.4, 0.5) is 5.69 Å².